The molecule has 1 N–H and O–H groups in total. The van der Waals surface area contributed by atoms with Gasteiger partial charge in [0, 0.05) is 16.8 Å². The molecule has 7 heteroatoms. The molecule has 1 heterocycles. The minimum Gasteiger partial charge on any atom is -0.493 e. The number of rotatable bonds is 8. The van der Waals surface area contributed by atoms with Crippen LogP contribution in [-0.2, 0) is 4.79 Å². The summed E-state index contributed by atoms with van der Waals surface area (Å²) in [6.07, 6.45) is 0. The summed E-state index contributed by atoms with van der Waals surface area (Å²) in [5, 5.41) is 13.6. The van der Waals surface area contributed by atoms with Crippen LogP contribution < -0.4 is 14.8 Å². The Kier molecular flexibility index (Phi) is 8.11. The molecule has 0 saturated carbocycles. The lowest BCUT2D eigenvalue weighted by Gasteiger charge is -2.15. The number of aryl methyl sites for hydroxylation is 2. The number of pyridine rings is 1. The van der Waals surface area contributed by atoms with E-state index in [-0.39, 0.29) is 11.7 Å². The topological polar surface area (TPSA) is 84.2 Å². The second kappa shape index (κ2) is 11.6. The van der Waals surface area contributed by atoms with E-state index in [9.17, 15) is 10.1 Å². The lowest BCUT2D eigenvalue weighted by molar-refractivity contribution is -0.113. The zero-order valence-corrected chi connectivity index (χ0v) is 22.0. The van der Waals surface area contributed by atoms with E-state index in [1.165, 1.54) is 11.8 Å². The number of hydrogen-bond acceptors (Lipinski definition) is 6. The number of methoxy groups -OCH3 is 2. The number of hydrogen-bond donors (Lipinski definition) is 1. The fourth-order valence-corrected chi connectivity index (χ4v) is 4.80. The molecule has 1 amide bonds. The number of nitrogens with zero attached hydrogens (tertiary/aromatic N) is 2. The standard InChI is InChI=1S/C30H27N3O3S/c1-19-10-12-25(20(2)14-19)32-29(34)18-37-30-24(17-31)23(16-26(33-30)21-8-6-5-7-9-21)22-11-13-27(35-3)28(15-22)36-4/h5-16H,18H2,1-4H3,(H,32,34). The molecule has 4 rings (SSSR count). The van der Waals surface area contributed by atoms with Crippen molar-refractivity contribution < 1.29 is 14.3 Å². The first-order valence-corrected chi connectivity index (χ1v) is 12.6. The maximum atomic E-state index is 12.8. The van der Waals surface area contributed by atoms with Gasteiger partial charge in [0.05, 0.1) is 31.2 Å². The normalized spacial score (nSPS) is 10.5. The molecule has 3 aromatic carbocycles. The average Bonchev–Trinajstić information content (AvgIpc) is 2.93. The fourth-order valence-electron chi connectivity index (χ4n) is 4.00. The highest BCUT2D eigenvalue weighted by Gasteiger charge is 2.18. The monoisotopic (exact) mass is 509 g/mol. The molecule has 4 aromatic rings. The molecule has 6 nitrogen and oxygen atoms in total. The fraction of sp³-hybridized carbons (Fsp3) is 0.167. The smallest absolute Gasteiger partial charge is 0.234 e. The first-order valence-electron chi connectivity index (χ1n) is 11.7. The Balaban J connectivity index is 1.72. The third kappa shape index (κ3) is 5.93. The molecule has 37 heavy (non-hydrogen) atoms. The molecule has 186 valence electrons. The lowest BCUT2D eigenvalue weighted by Crippen LogP contribution is -2.15. The summed E-state index contributed by atoms with van der Waals surface area (Å²) in [6.45, 7) is 3.98. The van der Waals surface area contributed by atoms with Crippen LogP contribution in [0.5, 0.6) is 11.5 Å². The Labute approximate surface area is 221 Å². The van der Waals surface area contributed by atoms with Gasteiger partial charge in [0.1, 0.15) is 11.1 Å². The third-order valence-corrected chi connectivity index (χ3v) is 6.83. The summed E-state index contributed by atoms with van der Waals surface area (Å²) in [5.74, 6) is 1.10. The number of thioether (sulfide) groups is 1. The summed E-state index contributed by atoms with van der Waals surface area (Å²) in [5.41, 5.74) is 6.41. The molecule has 1 aromatic heterocycles. The van der Waals surface area contributed by atoms with Gasteiger partial charge in [-0.1, -0.05) is 65.9 Å². The third-order valence-electron chi connectivity index (χ3n) is 5.86. The van der Waals surface area contributed by atoms with E-state index >= 15 is 0 Å². The second-order valence-electron chi connectivity index (χ2n) is 8.44. The Morgan fingerprint density at radius 1 is 0.946 bits per heavy atom. The average molecular weight is 510 g/mol. The summed E-state index contributed by atoms with van der Waals surface area (Å²) in [4.78, 5) is 17.6. The number of benzene rings is 3. The first kappa shape index (κ1) is 25.8. The van der Waals surface area contributed by atoms with Gasteiger partial charge in [-0.3, -0.25) is 4.79 Å². The van der Waals surface area contributed by atoms with E-state index in [0.29, 0.717) is 33.3 Å². The molecule has 0 bridgehead atoms. The second-order valence-corrected chi connectivity index (χ2v) is 9.40. The van der Waals surface area contributed by atoms with E-state index in [2.05, 4.69) is 11.4 Å². The van der Waals surface area contributed by atoms with Crippen LogP contribution in [0, 0.1) is 25.2 Å². The van der Waals surface area contributed by atoms with Gasteiger partial charge in [-0.25, -0.2) is 4.98 Å². The van der Waals surface area contributed by atoms with Gasteiger partial charge in [0.25, 0.3) is 0 Å². The molecule has 0 radical (unpaired) electrons. The van der Waals surface area contributed by atoms with Crippen molar-refractivity contribution in [1.82, 2.24) is 4.98 Å². The van der Waals surface area contributed by atoms with Crippen LogP contribution >= 0.6 is 11.8 Å². The molecule has 0 atom stereocenters. The zero-order valence-electron chi connectivity index (χ0n) is 21.2. The number of nitrogens with one attached hydrogen (secondary N) is 1. The SMILES string of the molecule is COc1ccc(-c2cc(-c3ccccc3)nc(SCC(=O)Nc3ccc(C)cc3C)c2C#N)cc1OC. The van der Waals surface area contributed by atoms with Crippen LogP contribution in [0.1, 0.15) is 16.7 Å². The molecular weight excluding hydrogens is 482 g/mol. The Bertz CT molecular complexity index is 1480. The molecule has 0 spiro atoms. The summed E-state index contributed by atoms with van der Waals surface area (Å²) >= 11 is 1.24. The van der Waals surface area contributed by atoms with Crippen LogP contribution in [0.15, 0.2) is 77.8 Å². The summed E-state index contributed by atoms with van der Waals surface area (Å²) < 4.78 is 10.9. The van der Waals surface area contributed by atoms with Gasteiger partial charge in [0.2, 0.25) is 5.91 Å². The van der Waals surface area contributed by atoms with Crippen molar-refractivity contribution in [2.75, 3.05) is 25.3 Å². The quantitative estimate of drug-likeness (QED) is 0.268. The van der Waals surface area contributed by atoms with Crippen LogP contribution in [-0.4, -0.2) is 30.9 Å². The first-order chi connectivity index (χ1) is 17.9. The van der Waals surface area contributed by atoms with Crippen molar-refractivity contribution in [2.45, 2.75) is 18.9 Å². The molecule has 0 fully saturated rings. The highest BCUT2D eigenvalue weighted by molar-refractivity contribution is 8.00. The van der Waals surface area contributed by atoms with Crippen molar-refractivity contribution >= 4 is 23.4 Å². The maximum absolute atomic E-state index is 12.8. The summed E-state index contributed by atoms with van der Waals surface area (Å²) in [7, 11) is 3.15. The molecule has 0 saturated heterocycles. The largest absolute Gasteiger partial charge is 0.493 e. The lowest BCUT2D eigenvalue weighted by atomic mass is 9.99. The van der Waals surface area contributed by atoms with Crippen molar-refractivity contribution in [1.29, 1.82) is 5.26 Å². The van der Waals surface area contributed by atoms with Crippen LogP contribution in [0.3, 0.4) is 0 Å². The number of carbonyl (C=O) groups excluding carboxylic acids is 1. The minimum absolute atomic E-state index is 0.110. The van der Waals surface area contributed by atoms with Crippen molar-refractivity contribution in [2.24, 2.45) is 0 Å². The van der Waals surface area contributed by atoms with E-state index in [0.717, 1.165) is 27.9 Å². The molecular formula is C30H27N3O3S. The van der Waals surface area contributed by atoms with E-state index in [1.54, 1.807) is 14.2 Å². The van der Waals surface area contributed by atoms with Gasteiger partial charge >= 0.3 is 0 Å². The zero-order chi connectivity index (χ0) is 26.4. The number of nitriles is 1. The Morgan fingerprint density at radius 2 is 1.70 bits per heavy atom. The Hall–Kier alpha value is -4.28. The Morgan fingerprint density at radius 3 is 2.38 bits per heavy atom. The predicted octanol–water partition coefficient (Wildman–Crippen LogP) is 6.65. The molecule has 0 aliphatic carbocycles. The van der Waals surface area contributed by atoms with Crippen molar-refractivity contribution in [3.63, 3.8) is 0 Å². The number of amides is 1. The van der Waals surface area contributed by atoms with E-state index in [4.69, 9.17) is 14.5 Å². The minimum atomic E-state index is -0.166. The van der Waals surface area contributed by atoms with Gasteiger partial charge in [-0.05, 0) is 49.2 Å². The number of carbonyl (C=O) groups is 1. The van der Waals surface area contributed by atoms with Gasteiger partial charge in [0.15, 0.2) is 11.5 Å². The molecule has 0 aliphatic heterocycles. The predicted molar refractivity (Wildman–Crippen MR) is 148 cm³/mol. The van der Waals surface area contributed by atoms with Gasteiger partial charge < -0.3 is 14.8 Å². The molecule has 0 aliphatic rings. The number of ether oxygens (including phenoxy) is 2. The highest BCUT2D eigenvalue weighted by Crippen LogP contribution is 2.38. The van der Waals surface area contributed by atoms with Gasteiger partial charge in [-0.15, -0.1) is 0 Å². The number of anilines is 1. The van der Waals surface area contributed by atoms with Crippen LogP contribution in [0.25, 0.3) is 22.4 Å². The van der Waals surface area contributed by atoms with E-state index < -0.39 is 0 Å². The van der Waals surface area contributed by atoms with Crippen molar-refractivity contribution in [3.05, 3.63) is 89.5 Å². The van der Waals surface area contributed by atoms with Crippen LogP contribution in [0.2, 0.25) is 0 Å². The maximum Gasteiger partial charge on any atom is 0.234 e. The van der Waals surface area contributed by atoms with Gasteiger partial charge in [-0.2, -0.15) is 5.26 Å². The van der Waals surface area contributed by atoms with Crippen molar-refractivity contribution in [3.8, 4) is 40.0 Å². The number of aromatic nitrogens is 1. The van der Waals surface area contributed by atoms with Crippen LogP contribution in [0.4, 0.5) is 5.69 Å². The summed E-state index contributed by atoms with van der Waals surface area (Å²) in [6, 6.07) is 25.4. The highest BCUT2D eigenvalue weighted by atomic mass is 32.2. The molecule has 0 unspecified atom stereocenters. The van der Waals surface area contributed by atoms with E-state index in [1.807, 2.05) is 86.6 Å².